The van der Waals surface area contributed by atoms with Gasteiger partial charge in [0.1, 0.15) is 0 Å². The van der Waals surface area contributed by atoms with E-state index in [4.69, 9.17) is 0 Å². The molecule has 2 aromatic rings. The van der Waals surface area contributed by atoms with Crippen LogP contribution in [0.2, 0.25) is 0 Å². The molecule has 1 radical (unpaired) electrons. The molecule has 1 N–H and O–H groups in total. The van der Waals surface area contributed by atoms with Crippen molar-refractivity contribution in [3.05, 3.63) is 205 Å². The Morgan fingerprint density at radius 2 is 1.43 bits per heavy atom. The minimum absolute atomic E-state index is 0.0448. The second kappa shape index (κ2) is 27.0. The second-order valence-electron chi connectivity index (χ2n) is 22.3. The number of hydrogen-bond acceptors (Lipinski definition) is 3. The van der Waals surface area contributed by atoms with Crippen LogP contribution in [0.5, 0.6) is 0 Å². The molecular weight excluding hydrogens is 864 g/mol. The summed E-state index contributed by atoms with van der Waals surface area (Å²) in [5.74, 6) is 2.69. The van der Waals surface area contributed by atoms with Gasteiger partial charge in [0.05, 0.1) is 5.69 Å². The normalized spacial score (nSPS) is 20.9. The third-order valence-corrected chi connectivity index (χ3v) is 15.6. The maximum Gasteiger partial charge on any atom is 0.198 e. The third kappa shape index (κ3) is 16.0. The highest BCUT2D eigenvalue weighted by Gasteiger charge is 2.38. The number of nitrogens with one attached hydrogen (secondary N) is 1. The van der Waals surface area contributed by atoms with Crippen LogP contribution in [0, 0.1) is 16.7 Å². The fourth-order valence-corrected chi connectivity index (χ4v) is 10.6. The molecule has 0 fully saturated rings. The molecule has 70 heavy (non-hydrogen) atoms. The lowest BCUT2D eigenvalue weighted by Crippen LogP contribution is -2.33. The summed E-state index contributed by atoms with van der Waals surface area (Å²) in [5, 5.41) is 5.11. The van der Waals surface area contributed by atoms with Gasteiger partial charge in [-0.2, -0.15) is 0 Å². The molecular formula is C66H90BN2S. The molecule has 373 valence electrons. The van der Waals surface area contributed by atoms with Crippen molar-refractivity contribution in [3.8, 4) is 0 Å². The lowest BCUT2D eigenvalue weighted by atomic mass is 9.63. The van der Waals surface area contributed by atoms with Crippen LogP contribution < -0.4 is 15.0 Å². The van der Waals surface area contributed by atoms with Crippen molar-refractivity contribution in [2.24, 2.45) is 16.7 Å². The van der Waals surface area contributed by atoms with Gasteiger partial charge < -0.3 is 10.2 Å². The standard InChI is InChI=1S/C66H90BN2S/c1-17-24-26-27-28-29-30-36-53(23-7)69(54(33-20-4)39-47-68-59-38-41-64(11,12)43-42-63(9,10)40-37-55(59)52(22-6)32-19-3)61-56-48-57-58(66(15,16)45-44-65(57,13)14)49-60(56)70-62(61)67-46-31-35-51(21-5)50(8)34-25-18-2/h17,19-24,26-27,30-33,35-39,46-50,68H,3-6,18,25,28-29,34,40-45H2,1-2,7-16H3/b24-17-,27-26-,36-30-,46-31+,47-39+,51-35+,52-32+,53-23+,54-33+,55-37-,59-38+. The van der Waals surface area contributed by atoms with Gasteiger partial charge in [-0.3, -0.25) is 0 Å². The van der Waals surface area contributed by atoms with E-state index in [1.54, 1.807) is 0 Å². The topological polar surface area (TPSA) is 15.3 Å². The number of unbranched alkanes of at least 4 members (excludes halogenated alkanes) is 2. The Hall–Kier alpha value is -5.06. The van der Waals surface area contributed by atoms with Gasteiger partial charge in [0, 0.05) is 39.0 Å². The van der Waals surface area contributed by atoms with Gasteiger partial charge in [-0.1, -0.05) is 200 Å². The van der Waals surface area contributed by atoms with Crippen LogP contribution in [-0.4, -0.2) is 7.28 Å². The molecule has 0 bridgehead atoms. The molecule has 2 aliphatic carbocycles. The van der Waals surface area contributed by atoms with Crippen molar-refractivity contribution in [1.29, 1.82) is 0 Å². The zero-order chi connectivity index (χ0) is 51.5. The van der Waals surface area contributed by atoms with Crippen molar-refractivity contribution < 1.29 is 0 Å². The van der Waals surface area contributed by atoms with E-state index in [-0.39, 0.29) is 21.7 Å². The first-order chi connectivity index (χ1) is 33.3. The van der Waals surface area contributed by atoms with E-state index in [9.17, 15) is 0 Å². The maximum absolute atomic E-state index is 4.30. The molecule has 4 rings (SSSR count). The van der Waals surface area contributed by atoms with Gasteiger partial charge in [-0.15, -0.1) is 17.3 Å². The summed E-state index contributed by atoms with van der Waals surface area (Å²) in [6.45, 7) is 44.9. The molecule has 2 aliphatic rings. The second-order valence-corrected chi connectivity index (χ2v) is 23.3. The summed E-state index contributed by atoms with van der Waals surface area (Å²) >= 11 is 1.89. The molecule has 2 nitrogen and oxygen atoms in total. The van der Waals surface area contributed by atoms with Crippen molar-refractivity contribution in [3.63, 3.8) is 0 Å². The Morgan fingerprint density at radius 3 is 2.04 bits per heavy atom. The summed E-state index contributed by atoms with van der Waals surface area (Å²) in [4.78, 5) is 2.46. The van der Waals surface area contributed by atoms with E-state index < -0.39 is 0 Å². The summed E-state index contributed by atoms with van der Waals surface area (Å²) in [7, 11) is 2.32. The molecule has 4 heteroatoms. The number of hydrogen-bond donors (Lipinski definition) is 1. The summed E-state index contributed by atoms with van der Waals surface area (Å²) in [5.41, 5.74) is 11.2. The van der Waals surface area contributed by atoms with Crippen molar-refractivity contribution in [1.82, 2.24) is 5.32 Å². The molecule has 1 heterocycles. The van der Waals surface area contributed by atoms with E-state index >= 15 is 0 Å². The highest BCUT2D eigenvalue weighted by molar-refractivity contribution is 7.28. The molecule has 1 atom stereocenters. The van der Waals surface area contributed by atoms with E-state index in [0.29, 0.717) is 5.92 Å². The monoisotopic (exact) mass is 954 g/mol. The van der Waals surface area contributed by atoms with Crippen LogP contribution in [0.4, 0.5) is 5.69 Å². The average molecular weight is 954 g/mol. The van der Waals surface area contributed by atoms with Gasteiger partial charge >= 0.3 is 0 Å². The number of rotatable bonds is 23. The van der Waals surface area contributed by atoms with Gasteiger partial charge in [0.15, 0.2) is 7.28 Å². The summed E-state index contributed by atoms with van der Waals surface area (Å²) in [6, 6.07) is 5.07. The number of thiophene rings is 1. The first-order valence-electron chi connectivity index (χ1n) is 26.3. The SMILES string of the molecule is C=C/C=C(C=C)/C1=C/CC(C)(C)CCC(C)(C)C/C=C\1N/C=C/C(=C\C=C)N(C(/C=C\CC/C=C\C=C/C)=C/C)c1c([B]/C=C/C=C(\C=C)C(C)CCCC)sc2cc3c(cc12)C(C)(C)CCC3(C)C. The number of allylic oxidation sites excluding steroid dienone is 20. The quantitative estimate of drug-likeness (QED) is 0.0678. The highest BCUT2D eigenvalue weighted by atomic mass is 32.1. The largest absolute Gasteiger partial charge is 0.361 e. The average Bonchev–Trinajstić information content (AvgIpc) is 3.67. The van der Waals surface area contributed by atoms with Crippen LogP contribution in [0.1, 0.15) is 165 Å². The van der Waals surface area contributed by atoms with Crippen LogP contribution in [-0.2, 0) is 10.8 Å². The number of fused-ring (bicyclic) bond motifs is 2. The van der Waals surface area contributed by atoms with Gasteiger partial charge in [0.2, 0.25) is 0 Å². The van der Waals surface area contributed by atoms with Crippen LogP contribution in [0.15, 0.2) is 194 Å². The van der Waals surface area contributed by atoms with Gasteiger partial charge in [-0.05, 0) is 157 Å². The molecule has 1 aromatic carbocycles. The Bertz CT molecular complexity index is 2480. The molecule has 0 amide bonds. The van der Waals surface area contributed by atoms with Crippen LogP contribution in [0.25, 0.3) is 10.1 Å². The Balaban J connectivity index is 2.03. The van der Waals surface area contributed by atoms with Gasteiger partial charge in [0.25, 0.3) is 0 Å². The summed E-state index contributed by atoms with van der Waals surface area (Å²) in [6.07, 6.45) is 53.0. The highest BCUT2D eigenvalue weighted by Crippen LogP contribution is 2.49. The molecule has 0 saturated heterocycles. The molecule has 1 aromatic heterocycles. The van der Waals surface area contributed by atoms with E-state index in [0.717, 1.165) is 73.2 Å². The van der Waals surface area contributed by atoms with Crippen molar-refractivity contribution in [2.45, 2.75) is 165 Å². The zero-order valence-electron chi connectivity index (χ0n) is 45.8. The predicted octanol–water partition coefficient (Wildman–Crippen LogP) is 19.1. The van der Waals surface area contributed by atoms with Gasteiger partial charge in [-0.25, -0.2) is 0 Å². The van der Waals surface area contributed by atoms with Crippen molar-refractivity contribution in [2.75, 3.05) is 4.90 Å². The smallest absolute Gasteiger partial charge is 0.198 e. The van der Waals surface area contributed by atoms with E-state index in [1.807, 2.05) is 35.6 Å². The minimum Gasteiger partial charge on any atom is -0.361 e. The Kier molecular flexibility index (Phi) is 22.2. The molecule has 0 spiro atoms. The molecule has 0 saturated carbocycles. The first-order valence-corrected chi connectivity index (χ1v) is 27.1. The lowest BCUT2D eigenvalue weighted by Gasteiger charge is -2.42. The Morgan fingerprint density at radius 1 is 0.771 bits per heavy atom. The minimum atomic E-state index is 0.0448. The fourth-order valence-electron chi connectivity index (χ4n) is 9.52. The van der Waals surface area contributed by atoms with E-state index in [1.165, 1.54) is 62.9 Å². The zero-order valence-corrected chi connectivity index (χ0v) is 46.6. The first kappa shape index (κ1) is 57.5. The summed E-state index contributed by atoms with van der Waals surface area (Å²) < 4.78 is 2.50. The van der Waals surface area contributed by atoms with Crippen LogP contribution >= 0.6 is 11.3 Å². The van der Waals surface area contributed by atoms with Crippen molar-refractivity contribution >= 4 is 39.2 Å². The predicted molar refractivity (Wildman–Crippen MR) is 318 cm³/mol. The lowest BCUT2D eigenvalue weighted by molar-refractivity contribution is 0.241. The molecule has 0 aliphatic heterocycles. The fraction of sp³-hybridized carbons (Fsp3) is 0.424. The Labute approximate surface area is 433 Å². The molecule has 1 unspecified atom stereocenters. The number of benzene rings is 1. The van der Waals surface area contributed by atoms with E-state index in [2.05, 4.69) is 236 Å². The third-order valence-electron chi connectivity index (χ3n) is 14.5. The number of anilines is 1. The maximum atomic E-state index is 4.30. The van der Waals surface area contributed by atoms with Crippen LogP contribution in [0.3, 0.4) is 0 Å². The number of nitrogens with zero attached hydrogens (tertiary/aromatic N) is 1.